The number of hydrogen-bond donors (Lipinski definition) is 2. The molecule has 0 saturated heterocycles. The Kier molecular flexibility index (Phi) is 3.69. The Labute approximate surface area is 144 Å². The number of ether oxygens (including phenoxy) is 2. The molecule has 1 aliphatic carbocycles. The Morgan fingerprint density at radius 2 is 2.21 bits per heavy atom. The minimum atomic E-state index is -0.333. The lowest BCUT2D eigenvalue weighted by atomic mass is 9.96. The van der Waals surface area contributed by atoms with E-state index in [1.165, 1.54) is 11.3 Å². The summed E-state index contributed by atoms with van der Waals surface area (Å²) in [5.74, 6) is 1.81. The van der Waals surface area contributed by atoms with E-state index >= 15 is 0 Å². The number of thiazole rings is 1. The molecule has 24 heavy (non-hydrogen) atoms. The Balaban J connectivity index is 1.53. The molecule has 2 aromatic rings. The van der Waals surface area contributed by atoms with Gasteiger partial charge in [0.15, 0.2) is 11.5 Å². The van der Waals surface area contributed by atoms with Gasteiger partial charge < -0.3 is 20.5 Å². The lowest BCUT2D eigenvalue weighted by Crippen LogP contribution is -2.53. The molecule has 1 aliphatic heterocycles. The predicted octanol–water partition coefficient (Wildman–Crippen LogP) is 2.40. The van der Waals surface area contributed by atoms with Crippen molar-refractivity contribution in [3.05, 3.63) is 29.3 Å². The van der Waals surface area contributed by atoms with Crippen LogP contribution in [0.3, 0.4) is 0 Å². The maximum Gasteiger partial charge on any atom is 0.263 e. The molecule has 0 spiro atoms. The molecule has 0 bridgehead atoms. The van der Waals surface area contributed by atoms with Crippen LogP contribution in [-0.4, -0.2) is 29.8 Å². The molecule has 7 heteroatoms. The zero-order chi connectivity index (χ0) is 16.7. The second-order valence-corrected chi connectivity index (χ2v) is 7.48. The first kappa shape index (κ1) is 15.4. The number of fused-ring (bicyclic) bond motifs is 1. The third-order valence-electron chi connectivity index (χ3n) is 4.65. The summed E-state index contributed by atoms with van der Waals surface area (Å²) >= 11 is 1.36. The number of carbonyl (C=O) groups excluding carboxylic acids is 1. The van der Waals surface area contributed by atoms with Gasteiger partial charge in [0, 0.05) is 12.1 Å². The second kappa shape index (κ2) is 5.75. The van der Waals surface area contributed by atoms with Crippen LogP contribution in [0.4, 0.5) is 0 Å². The molecule has 1 saturated carbocycles. The quantitative estimate of drug-likeness (QED) is 0.869. The molecule has 1 fully saturated rings. The summed E-state index contributed by atoms with van der Waals surface area (Å²) in [4.78, 5) is 17.5. The van der Waals surface area contributed by atoms with Crippen LogP contribution in [0.1, 0.15) is 29.4 Å². The molecular weight excluding hydrogens is 326 g/mol. The lowest BCUT2D eigenvalue weighted by molar-refractivity contribution is 0.0902. The zero-order valence-electron chi connectivity index (χ0n) is 13.4. The highest BCUT2D eigenvalue weighted by molar-refractivity contribution is 7.16. The normalized spacial score (nSPS) is 18.2. The fraction of sp³-hybridized carbons (Fsp3) is 0.412. The summed E-state index contributed by atoms with van der Waals surface area (Å²) in [6.07, 6.45) is 3.86. The summed E-state index contributed by atoms with van der Waals surface area (Å²) in [5.41, 5.74) is 6.45. The van der Waals surface area contributed by atoms with Crippen LogP contribution in [-0.2, 0) is 0 Å². The van der Waals surface area contributed by atoms with Crippen molar-refractivity contribution in [1.29, 1.82) is 0 Å². The number of amides is 1. The third kappa shape index (κ3) is 2.74. The Hall–Kier alpha value is -2.12. The van der Waals surface area contributed by atoms with Crippen molar-refractivity contribution in [2.45, 2.75) is 25.3 Å². The largest absolute Gasteiger partial charge is 0.454 e. The van der Waals surface area contributed by atoms with Gasteiger partial charge >= 0.3 is 0 Å². The molecular formula is C17H19N3O3S. The molecule has 0 radical (unpaired) electrons. The van der Waals surface area contributed by atoms with Gasteiger partial charge in [-0.1, -0.05) is 0 Å². The third-order valence-corrected chi connectivity index (χ3v) is 5.70. The molecule has 1 amide bonds. The summed E-state index contributed by atoms with van der Waals surface area (Å²) in [5, 5.41) is 3.87. The van der Waals surface area contributed by atoms with Crippen LogP contribution >= 0.6 is 11.3 Å². The first-order valence-electron chi connectivity index (χ1n) is 7.97. The second-order valence-electron chi connectivity index (χ2n) is 6.45. The van der Waals surface area contributed by atoms with Gasteiger partial charge in [0.05, 0.1) is 11.7 Å². The number of benzene rings is 1. The average Bonchev–Trinajstić information content (AvgIpc) is 3.16. The van der Waals surface area contributed by atoms with Gasteiger partial charge in [0.1, 0.15) is 9.88 Å². The first-order valence-corrected chi connectivity index (χ1v) is 8.79. The average molecular weight is 345 g/mol. The summed E-state index contributed by atoms with van der Waals surface area (Å²) in [6, 6.07) is 5.66. The van der Waals surface area contributed by atoms with Crippen LogP contribution in [0.2, 0.25) is 0 Å². The minimum Gasteiger partial charge on any atom is -0.454 e. The van der Waals surface area contributed by atoms with Crippen LogP contribution in [0.25, 0.3) is 10.6 Å². The van der Waals surface area contributed by atoms with Crippen molar-refractivity contribution in [2.24, 2.45) is 11.7 Å². The van der Waals surface area contributed by atoms with Gasteiger partial charge in [-0.2, -0.15) is 0 Å². The van der Waals surface area contributed by atoms with Gasteiger partial charge in [0.25, 0.3) is 5.91 Å². The fourth-order valence-corrected chi connectivity index (χ4v) is 3.71. The Bertz CT molecular complexity index is 787. The number of nitrogens with one attached hydrogen (secondary N) is 1. The van der Waals surface area contributed by atoms with E-state index in [9.17, 15) is 4.79 Å². The van der Waals surface area contributed by atoms with E-state index in [2.05, 4.69) is 10.3 Å². The highest BCUT2D eigenvalue weighted by atomic mass is 32.1. The lowest BCUT2D eigenvalue weighted by Gasteiger charge is -2.29. The minimum absolute atomic E-state index is 0.112. The van der Waals surface area contributed by atoms with E-state index in [-0.39, 0.29) is 18.2 Å². The SMILES string of the molecule is CC(CN)(NC(=O)c1cnc(-c2ccc3c(c2)OCO3)s1)C1CC1. The van der Waals surface area contributed by atoms with E-state index in [1.807, 2.05) is 25.1 Å². The van der Waals surface area contributed by atoms with Crippen LogP contribution < -0.4 is 20.5 Å². The Morgan fingerprint density at radius 3 is 2.96 bits per heavy atom. The standard InChI is InChI=1S/C17H19N3O3S/c1-17(8-18,11-3-4-11)20-15(21)14-7-19-16(24-14)10-2-5-12-13(6-10)23-9-22-12/h2,5-7,11H,3-4,8-9,18H2,1H3,(H,20,21). The number of nitrogens with two attached hydrogens (primary N) is 1. The van der Waals surface area contributed by atoms with Gasteiger partial charge in [-0.15, -0.1) is 11.3 Å². The van der Waals surface area contributed by atoms with E-state index < -0.39 is 0 Å². The van der Waals surface area contributed by atoms with E-state index in [4.69, 9.17) is 15.2 Å². The van der Waals surface area contributed by atoms with Gasteiger partial charge in [-0.05, 0) is 43.9 Å². The fourth-order valence-electron chi connectivity index (χ4n) is 2.90. The summed E-state index contributed by atoms with van der Waals surface area (Å²) in [6.45, 7) is 2.70. The first-order chi connectivity index (χ1) is 11.6. The number of carbonyl (C=O) groups is 1. The number of hydrogen-bond acceptors (Lipinski definition) is 6. The Morgan fingerprint density at radius 1 is 1.42 bits per heavy atom. The molecule has 1 aromatic heterocycles. The smallest absolute Gasteiger partial charge is 0.263 e. The van der Waals surface area contributed by atoms with Gasteiger partial charge in [-0.25, -0.2) is 4.98 Å². The van der Waals surface area contributed by atoms with Crippen LogP contribution in [0.15, 0.2) is 24.4 Å². The number of rotatable bonds is 5. The maximum atomic E-state index is 12.5. The van der Waals surface area contributed by atoms with Gasteiger partial charge in [-0.3, -0.25) is 4.79 Å². The maximum absolute atomic E-state index is 12.5. The van der Waals surface area contributed by atoms with E-state index in [0.29, 0.717) is 23.1 Å². The molecule has 2 aliphatic rings. The molecule has 6 nitrogen and oxygen atoms in total. The van der Waals surface area contributed by atoms with Crippen molar-refractivity contribution in [3.63, 3.8) is 0 Å². The zero-order valence-corrected chi connectivity index (χ0v) is 14.2. The van der Waals surface area contributed by atoms with Crippen LogP contribution in [0.5, 0.6) is 11.5 Å². The van der Waals surface area contributed by atoms with Crippen molar-refractivity contribution < 1.29 is 14.3 Å². The van der Waals surface area contributed by atoms with Crippen molar-refractivity contribution in [3.8, 4) is 22.1 Å². The van der Waals surface area contributed by atoms with Crippen molar-refractivity contribution >= 4 is 17.2 Å². The number of aromatic nitrogens is 1. The molecule has 1 aromatic carbocycles. The molecule has 126 valence electrons. The van der Waals surface area contributed by atoms with Crippen molar-refractivity contribution in [2.75, 3.05) is 13.3 Å². The van der Waals surface area contributed by atoms with E-state index in [1.54, 1.807) is 6.20 Å². The molecule has 1 atom stereocenters. The number of nitrogens with zero attached hydrogens (tertiary/aromatic N) is 1. The molecule has 2 heterocycles. The van der Waals surface area contributed by atoms with Crippen LogP contribution in [0, 0.1) is 5.92 Å². The summed E-state index contributed by atoms with van der Waals surface area (Å²) < 4.78 is 10.7. The molecule has 1 unspecified atom stereocenters. The monoisotopic (exact) mass is 345 g/mol. The van der Waals surface area contributed by atoms with E-state index in [0.717, 1.165) is 29.2 Å². The molecule has 3 N–H and O–H groups in total. The highest BCUT2D eigenvalue weighted by Crippen LogP contribution is 2.40. The van der Waals surface area contributed by atoms with Crippen molar-refractivity contribution in [1.82, 2.24) is 10.3 Å². The predicted molar refractivity (Wildman–Crippen MR) is 91.3 cm³/mol. The topological polar surface area (TPSA) is 86.5 Å². The highest BCUT2D eigenvalue weighted by Gasteiger charge is 2.41. The van der Waals surface area contributed by atoms with Gasteiger partial charge in [0.2, 0.25) is 6.79 Å². The summed E-state index contributed by atoms with van der Waals surface area (Å²) in [7, 11) is 0. The molecule has 4 rings (SSSR count).